The van der Waals surface area contributed by atoms with E-state index in [-0.39, 0.29) is 22.4 Å². The van der Waals surface area contributed by atoms with E-state index in [1.54, 1.807) is 6.07 Å². The molecule has 0 aromatic heterocycles. The SMILES string of the molecule is O=C(O)c1ccc(NC(=O)C2CC3C=CC2C3)cc1Cl. The number of rotatable bonds is 3. The zero-order valence-corrected chi connectivity index (χ0v) is 11.4. The van der Waals surface area contributed by atoms with Crippen molar-refractivity contribution in [3.63, 3.8) is 0 Å². The molecule has 3 unspecified atom stereocenters. The fourth-order valence-corrected chi connectivity index (χ4v) is 3.34. The second-order valence-electron chi connectivity index (χ2n) is 5.38. The number of halogens is 1. The molecular weight excluding hydrogens is 278 g/mol. The number of carbonyl (C=O) groups excluding carboxylic acids is 1. The minimum Gasteiger partial charge on any atom is -0.478 e. The number of amides is 1. The van der Waals surface area contributed by atoms with Gasteiger partial charge in [0, 0.05) is 11.6 Å². The first kappa shape index (κ1) is 13.2. The molecule has 2 aliphatic carbocycles. The molecule has 1 fully saturated rings. The maximum Gasteiger partial charge on any atom is 0.337 e. The molecule has 1 amide bonds. The smallest absolute Gasteiger partial charge is 0.337 e. The van der Waals surface area contributed by atoms with Gasteiger partial charge in [-0.25, -0.2) is 4.79 Å². The predicted octanol–water partition coefficient (Wildman–Crippen LogP) is 3.19. The zero-order chi connectivity index (χ0) is 14.3. The summed E-state index contributed by atoms with van der Waals surface area (Å²) in [6.07, 6.45) is 6.27. The Kier molecular flexibility index (Phi) is 3.26. The molecule has 1 aromatic rings. The fourth-order valence-electron chi connectivity index (χ4n) is 3.08. The third-order valence-electron chi connectivity index (χ3n) is 4.08. The van der Waals surface area contributed by atoms with Gasteiger partial charge in [0.05, 0.1) is 10.6 Å². The minimum atomic E-state index is -1.08. The zero-order valence-electron chi connectivity index (χ0n) is 10.7. The summed E-state index contributed by atoms with van der Waals surface area (Å²) in [7, 11) is 0. The van der Waals surface area contributed by atoms with Crippen molar-refractivity contribution in [3.8, 4) is 0 Å². The number of carboxylic acid groups (broad SMARTS) is 1. The molecule has 1 saturated carbocycles. The fraction of sp³-hybridized carbons (Fsp3) is 0.333. The third kappa shape index (κ3) is 2.31. The Labute approximate surface area is 121 Å². The Balaban J connectivity index is 1.72. The molecule has 0 aliphatic heterocycles. The van der Waals surface area contributed by atoms with Gasteiger partial charge in [-0.2, -0.15) is 0 Å². The molecule has 0 spiro atoms. The van der Waals surface area contributed by atoms with Gasteiger partial charge in [0.1, 0.15) is 0 Å². The van der Waals surface area contributed by atoms with Crippen molar-refractivity contribution in [2.45, 2.75) is 12.8 Å². The van der Waals surface area contributed by atoms with E-state index in [2.05, 4.69) is 17.5 Å². The van der Waals surface area contributed by atoms with Crippen LogP contribution in [0.25, 0.3) is 0 Å². The lowest BCUT2D eigenvalue weighted by Crippen LogP contribution is -2.25. The van der Waals surface area contributed by atoms with Gasteiger partial charge in [0.2, 0.25) is 5.91 Å². The summed E-state index contributed by atoms with van der Waals surface area (Å²) < 4.78 is 0. The van der Waals surface area contributed by atoms with Gasteiger partial charge in [0.15, 0.2) is 0 Å². The van der Waals surface area contributed by atoms with Crippen LogP contribution in [0.3, 0.4) is 0 Å². The van der Waals surface area contributed by atoms with E-state index in [4.69, 9.17) is 16.7 Å². The van der Waals surface area contributed by atoms with Gasteiger partial charge in [-0.1, -0.05) is 23.8 Å². The third-order valence-corrected chi connectivity index (χ3v) is 4.40. The second-order valence-corrected chi connectivity index (χ2v) is 5.78. The number of allylic oxidation sites excluding steroid dienone is 2. The van der Waals surface area contributed by atoms with E-state index in [0.717, 1.165) is 12.8 Å². The van der Waals surface area contributed by atoms with Crippen LogP contribution in [0, 0.1) is 17.8 Å². The standard InChI is InChI=1S/C15H14ClNO3/c16-13-7-10(3-4-11(13)15(19)20)17-14(18)12-6-8-1-2-9(12)5-8/h1-4,7-9,12H,5-6H2,(H,17,18)(H,19,20). The number of carbonyl (C=O) groups is 2. The van der Waals surface area contributed by atoms with E-state index in [9.17, 15) is 9.59 Å². The van der Waals surface area contributed by atoms with E-state index in [0.29, 0.717) is 17.5 Å². The molecule has 0 heterocycles. The normalized spacial score (nSPS) is 26.8. The van der Waals surface area contributed by atoms with Gasteiger partial charge in [-0.05, 0) is 42.9 Å². The van der Waals surface area contributed by atoms with Gasteiger partial charge in [0.25, 0.3) is 0 Å². The Morgan fingerprint density at radius 3 is 2.60 bits per heavy atom. The van der Waals surface area contributed by atoms with Crippen LogP contribution in [0.4, 0.5) is 5.69 Å². The molecule has 3 atom stereocenters. The van der Waals surface area contributed by atoms with Crippen LogP contribution in [0.15, 0.2) is 30.4 Å². The number of anilines is 1. The molecule has 2 N–H and O–H groups in total. The molecule has 0 radical (unpaired) electrons. The molecule has 2 bridgehead atoms. The molecule has 3 rings (SSSR count). The van der Waals surface area contributed by atoms with Gasteiger partial charge >= 0.3 is 5.97 Å². The molecule has 0 saturated heterocycles. The van der Waals surface area contributed by atoms with E-state index in [1.807, 2.05) is 0 Å². The number of nitrogens with one attached hydrogen (secondary N) is 1. The number of fused-ring (bicyclic) bond motifs is 2. The summed E-state index contributed by atoms with van der Waals surface area (Å²) in [4.78, 5) is 23.1. The Morgan fingerprint density at radius 2 is 2.05 bits per heavy atom. The molecule has 4 nitrogen and oxygen atoms in total. The highest BCUT2D eigenvalue weighted by Gasteiger charge is 2.39. The lowest BCUT2D eigenvalue weighted by Gasteiger charge is -2.17. The Hall–Kier alpha value is -1.81. The van der Waals surface area contributed by atoms with Crippen molar-refractivity contribution < 1.29 is 14.7 Å². The largest absolute Gasteiger partial charge is 0.478 e. The molecule has 1 aromatic carbocycles. The van der Waals surface area contributed by atoms with Crippen LogP contribution in [-0.2, 0) is 4.79 Å². The van der Waals surface area contributed by atoms with E-state index < -0.39 is 5.97 Å². The summed E-state index contributed by atoms with van der Waals surface area (Å²) in [5.41, 5.74) is 0.573. The lowest BCUT2D eigenvalue weighted by molar-refractivity contribution is -0.120. The highest BCUT2D eigenvalue weighted by Crippen LogP contribution is 2.43. The average molecular weight is 292 g/mol. The van der Waals surface area contributed by atoms with Crippen LogP contribution >= 0.6 is 11.6 Å². The first-order valence-electron chi connectivity index (χ1n) is 6.56. The van der Waals surface area contributed by atoms with Crippen LogP contribution < -0.4 is 5.32 Å². The number of benzene rings is 1. The molecule has 20 heavy (non-hydrogen) atoms. The number of carboxylic acids is 1. The summed E-state index contributed by atoms with van der Waals surface area (Å²) in [5, 5.41) is 11.9. The summed E-state index contributed by atoms with van der Waals surface area (Å²) in [6, 6.07) is 4.45. The second kappa shape index (κ2) is 4.94. The van der Waals surface area contributed by atoms with Gasteiger partial charge in [-0.3, -0.25) is 4.79 Å². The number of aromatic carboxylic acids is 1. The maximum absolute atomic E-state index is 12.2. The predicted molar refractivity (Wildman–Crippen MR) is 75.9 cm³/mol. The topological polar surface area (TPSA) is 66.4 Å². The van der Waals surface area contributed by atoms with Gasteiger partial charge < -0.3 is 10.4 Å². The van der Waals surface area contributed by atoms with Crippen LogP contribution in [-0.4, -0.2) is 17.0 Å². The van der Waals surface area contributed by atoms with Crippen LogP contribution in [0.1, 0.15) is 23.2 Å². The van der Waals surface area contributed by atoms with Gasteiger partial charge in [-0.15, -0.1) is 0 Å². The summed E-state index contributed by atoms with van der Waals surface area (Å²) in [5.74, 6) is -0.197. The van der Waals surface area contributed by atoms with E-state index >= 15 is 0 Å². The molecular formula is C15H14ClNO3. The van der Waals surface area contributed by atoms with Crippen molar-refractivity contribution in [1.82, 2.24) is 0 Å². The Morgan fingerprint density at radius 1 is 1.25 bits per heavy atom. The lowest BCUT2D eigenvalue weighted by atomic mass is 9.93. The molecule has 2 aliphatic rings. The molecule has 5 heteroatoms. The van der Waals surface area contributed by atoms with Crippen molar-refractivity contribution in [2.75, 3.05) is 5.32 Å². The number of hydrogen-bond donors (Lipinski definition) is 2. The Bertz CT molecular complexity index is 611. The number of hydrogen-bond acceptors (Lipinski definition) is 2. The first-order chi connectivity index (χ1) is 9.54. The van der Waals surface area contributed by atoms with Crippen molar-refractivity contribution in [1.29, 1.82) is 0 Å². The first-order valence-corrected chi connectivity index (χ1v) is 6.94. The quantitative estimate of drug-likeness (QED) is 0.841. The maximum atomic E-state index is 12.2. The summed E-state index contributed by atoms with van der Waals surface area (Å²) >= 11 is 5.89. The molecule has 104 valence electrons. The monoisotopic (exact) mass is 291 g/mol. The highest BCUT2D eigenvalue weighted by molar-refractivity contribution is 6.33. The highest BCUT2D eigenvalue weighted by atomic mass is 35.5. The average Bonchev–Trinajstić information content (AvgIpc) is 3.00. The van der Waals surface area contributed by atoms with Crippen molar-refractivity contribution >= 4 is 29.2 Å². The van der Waals surface area contributed by atoms with Crippen LogP contribution in [0.2, 0.25) is 5.02 Å². The van der Waals surface area contributed by atoms with Crippen molar-refractivity contribution in [3.05, 3.63) is 40.9 Å². The minimum absolute atomic E-state index is 0.0130. The summed E-state index contributed by atoms with van der Waals surface area (Å²) in [6.45, 7) is 0. The van der Waals surface area contributed by atoms with Crippen molar-refractivity contribution in [2.24, 2.45) is 17.8 Å². The van der Waals surface area contributed by atoms with Crippen LogP contribution in [0.5, 0.6) is 0 Å². The van der Waals surface area contributed by atoms with E-state index in [1.165, 1.54) is 12.1 Å².